The maximum absolute atomic E-state index is 13.0. The molecule has 2 rings (SSSR count). The van der Waals surface area contributed by atoms with Crippen LogP contribution in [0.4, 0.5) is 23.7 Å². The Hall–Kier alpha value is -1.90. The van der Waals surface area contributed by atoms with Crippen molar-refractivity contribution >= 4 is 28.6 Å². The van der Waals surface area contributed by atoms with E-state index in [-0.39, 0.29) is 5.75 Å². The van der Waals surface area contributed by atoms with Crippen molar-refractivity contribution in [3.63, 3.8) is 0 Å². The van der Waals surface area contributed by atoms with Gasteiger partial charge in [0.25, 0.3) is 0 Å². The number of nitrogens with one attached hydrogen (secondary N) is 2. The SMILES string of the molecule is COc1cccc(C(F)(F)F)c1NC(=O)NC1=NCCS1. The first-order valence-electron chi connectivity index (χ1n) is 5.91. The highest BCUT2D eigenvalue weighted by molar-refractivity contribution is 8.14. The van der Waals surface area contributed by atoms with Crippen LogP contribution in [0, 0.1) is 0 Å². The second kappa shape index (κ2) is 6.25. The third kappa shape index (κ3) is 3.81. The number of alkyl halides is 3. The molecular weight excluding hydrogens is 307 g/mol. The summed E-state index contributed by atoms with van der Waals surface area (Å²) in [5.41, 5.74) is -1.40. The van der Waals surface area contributed by atoms with Gasteiger partial charge in [-0.25, -0.2) is 4.79 Å². The Morgan fingerprint density at radius 1 is 1.38 bits per heavy atom. The van der Waals surface area contributed by atoms with Crippen LogP contribution < -0.4 is 15.4 Å². The molecule has 0 saturated carbocycles. The van der Waals surface area contributed by atoms with Crippen LogP contribution >= 0.6 is 11.8 Å². The molecule has 0 spiro atoms. The first-order valence-corrected chi connectivity index (χ1v) is 6.90. The summed E-state index contributed by atoms with van der Waals surface area (Å²) in [6.45, 7) is 0.572. The predicted octanol–water partition coefficient (Wildman–Crippen LogP) is 2.94. The molecule has 1 aromatic carbocycles. The fraction of sp³-hybridized carbons (Fsp3) is 0.333. The Kier molecular flexibility index (Phi) is 4.61. The van der Waals surface area contributed by atoms with Gasteiger partial charge in [-0.15, -0.1) is 0 Å². The summed E-state index contributed by atoms with van der Waals surface area (Å²) in [5.74, 6) is 0.666. The predicted molar refractivity (Wildman–Crippen MR) is 74.9 cm³/mol. The summed E-state index contributed by atoms with van der Waals surface area (Å²) in [6, 6.07) is 2.63. The van der Waals surface area contributed by atoms with E-state index in [1.54, 1.807) is 0 Å². The van der Waals surface area contributed by atoms with E-state index in [4.69, 9.17) is 4.74 Å². The third-order valence-corrected chi connectivity index (χ3v) is 3.49. The Morgan fingerprint density at radius 3 is 2.71 bits per heavy atom. The first kappa shape index (κ1) is 15.5. The van der Waals surface area contributed by atoms with Gasteiger partial charge in [0.1, 0.15) is 5.75 Å². The second-order valence-electron chi connectivity index (χ2n) is 4.00. The average molecular weight is 319 g/mol. The lowest BCUT2D eigenvalue weighted by molar-refractivity contribution is -0.137. The number of amidine groups is 1. The summed E-state index contributed by atoms with van der Waals surface area (Å²) in [5, 5.41) is 4.96. The number of carbonyl (C=O) groups excluding carboxylic acids is 1. The zero-order chi connectivity index (χ0) is 15.5. The molecule has 1 aliphatic rings. The van der Waals surface area contributed by atoms with E-state index >= 15 is 0 Å². The molecule has 1 aromatic rings. The molecule has 9 heteroatoms. The van der Waals surface area contributed by atoms with Crippen molar-refractivity contribution in [1.29, 1.82) is 0 Å². The van der Waals surface area contributed by atoms with Gasteiger partial charge in [0.15, 0.2) is 5.17 Å². The Bertz CT molecular complexity index is 575. The van der Waals surface area contributed by atoms with Gasteiger partial charge < -0.3 is 10.1 Å². The Balaban J connectivity index is 2.23. The normalized spacial score (nSPS) is 14.6. The molecule has 0 aromatic heterocycles. The monoisotopic (exact) mass is 319 g/mol. The summed E-state index contributed by atoms with van der Waals surface area (Å²) in [7, 11) is 1.23. The molecule has 114 valence electrons. The van der Waals surface area contributed by atoms with Crippen LogP contribution in [-0.4, -0.2) is 30.6 Å². The standard InChI is InChI=1S/C12H12F3N3O2S/c1-20-8-4-2-3-7(12(13,14)15)9(8)17-10(19)18-11-16-5-6-21-11/h2-4H,5-6H2,1H3,(H2,16,17,18,19). The molecule has 5 nitrogen and oxygen atoms in total. The highest BCUT2D eigenvalue weighted by Crippen LogP contribution is 2.39. The number of carbonyl (C=O) groups is 1. The lowest BCUT2D eigenvalue weighted by atomic mass is 10.1. The van der Waals surface area contributed by atoms with Gasteiger partial charge in [0.2, 0.25) is 0 Å². The lowest BCUT2D eigenvalue weighted by Crippen LogP contribution is -2.32. The maximum atomic E-state index is 13.0. The minimum absolute atomic E-state index is 0.0685. The van der Waals surface area contributed by atoms with Crippen LogP contribution in [0.3, 0.4) is 0 Å². The van der Waals surface area contributed by atoms with Crippen LogP contribution in [0.2, 0.25) is 0 Å². The van der Waals surface area contributed by atoms with Crippen molar-refractivity contribution in [3.05, 3.63) is 23.8 Å². The maximum Gasteiger partial charge on any atom is 0.418 e. The smallest absolute Gasteiger partial charge is 0.418 e. The van der Waals surface area contributed by atoms with Gasteiger partial charge in [-0.1, -0.05) is 17.8 Å². The number of amides is 2. The number of hydrogen-bond donors (Lipinski definition) is 2. The van der Waals surface area contributed by atoms with Gasteiger partial charge >= 0.3 is 12.2 Å². The van der Waals surface area contributed by atoms with Crippen LogP contribution in [0.25, 0.3) is 0 Å². The van der Waals surface area contributed by atoms with E-state index < -0.39 is 23.5 Å². The van der Waals surface area contributed by atoms with Gasteiger partial charge in [-0.3, -0.25) is 10.3 Å². The van der Waals surface area contributed by atoms with Crippen LogP contribution in [0.5, 0.6) is 5.75 Å². The molecule has 1 aliphatic heterocycles. The molecular formula is C12H12F3N3O2S. The lowest BCUT2D eigenvalue weighted by Gasteiger charge is -2.17. The molecule has 0 saturated heterocycles. The minimum atomic E-state index is -4.60. The third-order valence-electron chi connectivity index (χ3n) is 2.60. The molecule has 2 N–H and O–H groups in total. The summed E-state index contributed by atoms with van der Waals surface area (Å²) in [4.78, 5) is 15.8. The number of aliphatic imine (C=N–C) groups is 1. The average Bonchev–Trinajstić information content (AvgIpc) is 2.90. The number of ether oxygens (including phenoxy) is 1. The largest absolute Gasteiger partial charge is 0.495 e. The van der Waals surface area contributed by atoms with Gasteiger partial charge in [-0.2, -0.15) is 13.2 Å². The number of urea groups is 1. The number of anilines is 1. The van der Waals surface area contributed by atoms with Crippen molar-refractivity contribution in [2.75, 3.05) is 24.7 Å². The quantitative estimate of drug-likeness (QED) is 0.881. The number of benzene rings is 1. The van der Waals surface area contributed by atoms with E-state index in [9.17, 15) is 18.0 Å². The van der Waals surface area contributed by atoms with E-state index in [2.05, 4.69) is 15.6 Å². The molecule has 0 unspecified atom stereocenters. The van der Waals surface area contributed by atoms with Crippen LogP contribution in [-0.2, 0) is 6.18 Å². The Labute approximate surface area is 123 Å². The molecule has 1 heterocycles. The summed E-state index contributed by atoms with van der Waals surface area (Å²) >= 11 is 1.33. The number of para-hydroxylation sites is 1. The summed E-state index contributed by atoms with van der Waals surface area (Å²) < 4.78 is 43.8. The minimum Gasteiger partial charge on any atom is -0.495 e. The highest BCUT2D eigenvalue weighted by Gasteiger charge is 2.35. The Morgan fingerprint density at radius 2 is 2.14 bits per heavy atom. The zero-order valence-corrected chi connectivity index (χ0v) is 11.8. The van der Waals surface area contributed by atoms with Crippen LogP contribution in [0.15, 0.2) is 23.2 Å². The number of thioether (sulfide) groups is 1. The van der Waals surface area contributed by atoms with Crippen LogP contribution in [0.1, 0.15) is 5.56 Å². The van der Waals surface area contributed by atoms with Gasteiger partial charge in [0.05, 0.1) is 24.9 Å². The van der Waals surface area contributed by atoms with E-state index in [1.807, 2.05) is 0 Å². The zero-order valence-electron chi connectivity index (χ0n) is 11.0. The number of hydrogen-bond acceptors (Lipinski definition) is 4. The van der Waals surface area contributed by atoms with E-state index in [0.29, 0.717) is 11.7 Å². The molecule has 0 radical (unpaired) electrons. The highest BCUT2D eigenvalue weighted by atomic mass is 32.2. The van der Waals surface area contributed by atoms with Crippen molar-refractivity contribution in [1.82, 2.24) is 5.32 Å². The number of rotatable bonds is 2. The van der Waals surface area contributed by atoms with Gasteiger partial charge in [-0.05, 0) is 12.1 Å². The molecule has 2 amide bonds. The fourth-order valence-electron chi connectivity index (χ4n) is 1.72. The van der Waals surface area contributed by atoms with Crippen molar-refractivity contribution in [2.45, 2.75) is 6.18 Å². The van der Waals surface area contributed by atoms with Crippen molar-refractivity contribution in [3.8, 4) is 5.75 Å². The number of halogens is 3. The number of nitrogens with zero attached hydrogens (tertiary/aromatic N) is 1. The molecule has 0 bridgehead atoms. The molecule has 21 heavy (non-hydrogen) atoms. The van der Waals surface area contributed by atoms with Crippen molar-refractivity contribution in [2.24, 2.45) is 4.99 Å². The first-order chi connectivity index (χ1) is 9.91. The molecule has 0 aliphatic carbocycles. The fourth-order valence-corrected chi connectivity index (χ4v) is 2.44. The number of methoxy groups -OCH3 is 1. The molecule has 0 atom stereocenters. The second-order valence-corrected chi connectivity index (χ2v) is 5.08. The topological polar surface area (TPSA) is 62.7 Å². The van der Waals surface area contributed by atoms with E-state index in [0.717, 1.165) is 11.8 Å². The molecule has 0 fully saturated rings. The van der Waals surface area contributed by atoms with E-state index in [1.165, 1.54) is 31.0 Å². The van der Waals surface area contributed by atoms with Gasteiger partial charge in [0, 0.05) is 5.75 Å². The summed E-state index contributed by atoms with van der Waals surface area (Å²) in [6.07, 6.45) is -4.60. The van der Waals surface area contributed by atoms with Crippen molar-refractivity contribution < 1.29 is 22.7 Å².